The monoisotopic (exact) mass is 338 g/mol. The van der Waals surface area contributed by atoms with Gasteiger partial charge in [0.05, 0.1) is 5.75 Å². The fourth-order valence-corrected chi connectivity index (χ4v) is 2.92. The van der Waals surface area contributed by atoms with Gasteiger partial charge in [-0.2, -0.15) is 0 Å². The third-order valence-electron chi connectivity index (χ3n) is 3.25. The molecule has 0 aliphatic carbocycles. The van der Waals surface area contributed by atoms with E-state index in [1.807, 2.05) is 12.1 Å². The highest BCUT2D eigenvalue weighted by Gasteiger charge is 2.05. The molecule has 0 heterocycles. The first-order valence-corrected chi connectivity index (χ1v) is 8.29. The third kappa shape index (κ3) is 5.87. The second-order valence-corrected chi connectivity index (χ2v) is 6.11. The van der Waals surface area contributed by atoms with Gasteiger partial charge in [0.15, 0.2) is 0 Å². The first kappa shape index (κ1) is 18.8. The number of benzene rings is 2. The van der Waals surface area contributed by atoms with Crippen LogP contribution in [0, 0.1) is 0 Å². The summed E-state index contributed by atoms with van der Waals surface area (Å²) in [7, 11) is 0. The number of hydrogen-bond donors (Lipinski definition) is 2. The van der Waals surface area contributed by atoms with Gasteiger partial charge in [-0.25, -0.2) is 0 Å². The molecule has 0 aromatic heterocycles. The van der Waals surface area contributed by atoms with Gasteiger partial charge >= 0.3 is 0 Å². The van der Waals surface area contributed by atoms with Crippen LogP contribution in [0.3, 0.4) is 0 Å². The van der Waals surface area contributed by atoms with E-state index >= 15 is 0 Å². The molecule has 2 rings (SSSR count). The Labute approximate surface area is 142 Å². The molecule has 1 amide bonds. The van der Waals surface area contributed by atoms with Crippen molar-refractivity contribution in [2.45, 2.75) is 24.8 Å². The predicted molar refractivity (Wildman–Crippen MR) is 98.1 cm³/mol. The van der Waals surface area contributed by atoms with Gasteiger partial charge in [-0.3, -0.25) is 4.79 Å². The molecule has 0 bridgehead atoms. The van der Waals surface area contributed by atoms with E-state index in [1.54, 1.807) is 11.8 Å². The molecular weight excluding hydrogens is 316 g/mol. The molecule has 0 radical (unpaired) electrons. The summed E-state index contributed by atoms with van der Waals surface area (Å²) in [4.78, 5) is 13.0. The van der Waals surface area contributed by atoms with Gasteiger partial charge in [-0.1, -0.05) is 37.3 Å². The third-order valence-corrected chi connectivity index (χ3v) is 4.24. The quantitative estimate of drug-likeness (QED) is 0.759. The van der Waals surface area contributed by atoms with E-state index in [0.29, 0.717) is 18.3 Å². The highest BCUT2D eigenvalue weighted by Crippen LogP contribution is 2.23. The van der Waals surface area contributed by atoms with Crippen LogP contribution in [0.1, 0.15) is 13.8 Å². The predicted octanol–water partition coefficient (Wildman–Crippen LogP) is 3.47. The summed E-state index contributed by atoms with van der Waals surface area (Å²) in [6.45, 7) is 5.72. The zero-order valence-electron chi connectivity index (χ0n) is 13.0. The highest BCUT2D eigenvalue weighted by atomic mass is 35.5. The Kier molecular flexibility index (Phi) is 8.31. The lowest BCUT2D eigenvalue weighted by Crippen LogP contribution is -2.39. The van der Waals surface area contributed by atoms with Crippen LogP contribution in [0.5, 0.6) is 0 Å². The molecule has 22 heavy (non-hydrogen) atoms. The Bertz CT molecular complexity index is 606. The van der Waals surface area contributed by atoms with Gasteiger partial charge in [-0.15, -0.1) is 24.2 Å². The second kappa shape index (κ2) is 9.72. The van der Waals surface area contributed by atoms with Crippen molar-refractivity contribution >= 4 is 40.8 Å². The molecule has 0 saturated carbocycles. The van der Waals surface area contributed by atoms with Gasteiger partial charge in [0.25, 0.3) is 0 Å². The molecule has 0 unspecified atom stereocenters. The average molecular weight is 339 g/mol. The smallest absolute Gasteiger partial charge is 0.230 e. The number of likely N-dealkylation sites (N-methyl/N-ethyl adjacent to an activating group) is 1. The summed E-state index contributed by atoms with van der Waals surface area (Å²) < 4.78 is 0. The number of rotatable bonds is 7. The van der Waals surface area contributed by atoms with Crippen LogP contribution in [0.2, 0.25) is 0 Å². The van der Waals surface area contributed by atoms with E-state index in [1.165, 1.54) is 10.8 Å². The Morgan fingerprint density at radius 3 is 2.64 bits per heavy atom. The molecule has 2 N–H and O–H groups in total. The van der Waals surface area contributed by atoms with Crippen molar-refractivity contribution in [2.24, 2.45) is 0 Å². The van der Waals surface area contributed by atoms with E-state index in [0.717, 1.165) is 11.4 Å². The van der Waals surface area contributed by atoms with Crippen LogP contribution in [-0.4, -0.2) is 30.8 Å². The van der Waals surface area contributed by atoms with E-state index in [-0.39, 0.29) is 18.3 Å². The molecule has 1 atom stereocenters. The molecule has 0 spiro atoms. The summed E-state index contributed by atoms with van der Waals surface area (Å²) in [5.74, 6) is 0.537. The first-order valence-electron chi connectivity index (χ1n) is 7.30. The number of halogens is 1. The van der Waals surface area contributed by atoms with Crippen LogP contribution in [0.25, 0.3) is 10.8 Å². The van der Waals surface area contributed by atoms with Crippen molar-refractivity contribution in [3.05, 3.63) is 42.5 Å². The zero-order chi connectivity index (χ0) is 15.1. The average Bonchev–Trinajstić information content (AvgIpc) is 2.51. The Balaban J connectivity index is 0.00000242. The van der Waals surface area contributed by atoms with Crippen LogP contribution < -0.4 is 10.6 Å². The van der Waals surface area contributed by atoms with Crippen molar-refractivity contribution in [3.8, 4) is 0 Å². The lowest BCUT2D eigenvalue weighted by Gasteiger charge is -2.13. The molecule has 0 aliphatic rings. The van der Waals surface area contributed by atoms with E-state index in [4.69, 9.17) is 0 Å². The van der Waals surface area contributed by atoms with Gasteiger partial charge < -0.3 is 10.6 Å². The first-order chi connectivity index (χ1) is 10.2. The Morgan fingerprint density at radius 1 is 1.18 bits per heavy atom. The normalized spacial score (nSPS) is 11.7. The maximum atomic E-state index is 11.8. The molecule has 3 nitrogen and oxygen atoms in total. The summed E-state index contributed by atoms with van der Waals surface area (Å²) in [5.41, 5.74) is 0. The van der Waals surface area contributed by atoms with Gasteiger partial charge in [0, 0.05) is 17.5 Å². The van der Waals surface area contributed by atoms with E-state index in [2.05, 4.69) is 54.8 Å². The summed E-state index contributed by atoms with van der Waals surface area (Å²) in [6, 6.07) is 14.9. The zero-order valence-corrected chi connectivity index (χ0v) is 14.6. The lowest BCUT2D eigenvalue weighted by molar-refractivity contribution is -0.118. The molecule has 2 aromatic carbocycles. The number of amides is 1. The molecule has 120 valence electrons. The van der Waals surface area contributed by atoms with Gasteiger partial charge in [0.1, 0.15) is 0 Å². The molecule has 5 heteroatoms. The van der Waals surface area contributed by atoms with Gasteiger partial charge in [0.2, 0.25) is 5.91 Å². The van der Waals surface area contributed by atoms with Crippen molar-refractivity contribution in [1.29, 1.82) is 0 Å². The molecule has 0 fully saturated rings. The topological polar surface area (TPSA) is 41.1 Å². The molecular formula is C17H23ClN2OS. The van der Waals surface area contributed by atoms with Gasteiger partial charge in [-0.05, 0) is 36.4 Å². The largest absolute Gasteiger partial charge is 0.354 e. The number of carbonyl (C=O) groups is 1. The van der Waals surface area contributed by atoms with Crippen LogP contribution in [0.15, 0.2) is 47.4 Å². The number of thioether (sulfide) groups is 1. The Morgan fingerprint density at radius 2 is 1.91 bits per heavy atom. The maximum Gasteiger partial charge on any atom is 0.230 e. The Hall–Kier alpha value is -1.23. The fraction of sp³-hybridized carbons (Fsp3) is 0.353. The molecule has 0 aliphatic heterocycles. The maximum absolute atomic E-state index is 11.8. The molecule has 2 aromatic rings. The van der Waals surface area contributed by atoms with Crippen molar-refractivity contribution in [1.82, 2.24) is 10.6 Å². The second-order valence-electron chi connectivity index (χ2n) is 5.06. The highest BCUT2D eigenvalue weighted by molar-refractivity contribution is 8.00. The number of hydrogen-bond acceptors (Lipinski definition) is 3. The number of fused-ring (bicyclic) bond motifs is 1. The molecule has 0 saturated heterocycles. The lowest BCUT2D eigenvalue weighted by atomic mass is 10.1. The standard InChI is InChI=1S/C17H22N2OS.ClH/c1-3-18-13(2)11-19-17(20)12-21-16-9-8-14-6-4-5-7-15(14)10-16;/h4-10,13,18H,3,11-12H2,1-2H3,(H,19,20);1H/t13-;/m1./s1. The van der Waals surface area contributed by atoms with Crippen LogP contribution in [0.4, 0.5) is 0 Å². The minimum absolute atomic E-state index is 0. The minimum Gasteiger partial charge on any atom is -0.354 e. The van der Waals surface area contributed by atoms with E-state index in [9.17, 15) is 4.79 Å². The van der Waals surface area contributed by atoms with Crippen molar-refractivity contribution < 1.29 is 4.79 Å². The SMILES string of the molecule is CCN[C@H](C)CNC(=O)CSc1ccc2ccccc2c1.Cl. The number of carbonyl (C=O) groups excluding carboxylic acids is 1. The summed E-state index contributed by atoms with van der Waals surface area (Å²) >= 11 is 1.58. The van der Waals surface area contributed by atoms with Crippen molar-refractivity contribution in [2.75, 3.05) is 18.8 Å². The van der Waals surface area contributed by atoms with E-state index < -0.39 is 0 Å². The summed E-state index contributed by atoms with van der Waals surface area (Å²) in [6.07, 6.45) is 0. The van der Waals surface area contributed by atoms with Crippen LogP contribution in [-0.2, 0) is 4.79 Å². The fourth-order valence-electron chi connectivity index (χ4n) is 2.14. The number of nitrogens with one attached hydrogen (secondary N) is 2. The summed E-state index contributed by atoms with van der Waals surface area (Å²) in [5, 5.41) is 8.66. The van der Waals surface area contributed by atoms with Crippen LogP contribution >= 0.6 is 24.2 Å². The minimum atomic E-state index is 0. The van der Waals surface area contributed by atoms with Crippen molar-refractivity contribution in [3.63, 3.8) is 0 Å².